The third kappa shape index (κ3) is 6.47. The molecular formula is C27H37FS. The summed E-state index contributed by atoms with van der Waals surface area (Å²) in [6.45, 7) is 14.2. The third-order valence-electron chi connectivity index (χ3n) is 5.24. The number of halogens is 1. The van der Waals surface area contributed by atoms with Gasteiger partial charge in [-0.3, -0.25) is 0 Å². The van der Waals surface area contributed by atoms with Crippen LogP contribution in [0.15, 0.2) is 58.4 Å². The van der Waals surface area contributed by atoms with Gasteiger partial charge in [0, 0.05) is 9.81 Å². The second kappa shape index (κ2) is 11.0. The molecule has 0 atom stereocenters. The van der Waals surface area contributed by atoms with Crippen LogP contribution in [0.2, 0.25) is 0 Å². The van der Waals surface area contributed by atoms with Crippen molar-refractivity contribution in [2.45, 2.75) is 85.2 Å². The van der Waals surface area contributed by atoms with E-state index in [2.05, 4.69) is 63.8 Å². The third-order valence-corrected chi connectivity index (χ3v) is 6.33. The second-order valence-electron chi connectivity index (χ2n) is 8.32. The summed E-state index contributed by atoms with van der Waals surface area (Å²) in [5, 5.41) is 0. The lowest BCUT2D eigenvalue weighted by Crippen LogP contribution is -2.14. The molecule has 1 aliphatic rings. The van der Waals surface area contributed by atoms with Crippen LogP contribution < -0.4 is 0 Å². The molecule has 0 saturated carbocycles. The van der Waals surface area contributed by atoms with Gasteiger partial charge in [-0.05, 0) is 73.4 Å². The Kier molecular flexibility index (Phi) is 9.02. The molecule has 0 saturated heterocycles. The molecule has 0 aliphatic carbocycles. The molecule has 0 radical (unpaired) electrons. The molecule has 0 nitrogen and oxygen atoms in total. The van der Waals surface area contributed by atoms with E-state index in [0.717, 1.165) is 53.7 Å². The minimum Gasteiger partial charge on any atom is -0.239 e. The number of rotatable bonds is 9. The maximum atomic E-state index is 15.2. The van der Waals surface area contributed by atoms with E-state index in [1.165, 1.54) is 28.9 Å². The average molecular weight is 413 g/mol. The first kappa shape index (κ1) is 23.7. The number of allylic oxidation sites excluding steroid dienone is 5. The monoisotopic (exact) mass is 412 g/mol. The fourth-order valence-electron chi connectivity index (χ4n) is 3.64. The van der Waals surface area contributed by atoms with E-state index >= 15 is 4.39 Å². The summed E-state index contributed by atoms with van der Waals surface area (Å²) in [6, 6.07) is 6.37. The van der Waals surface area contributed by atoms with Crippen LogP contribution in [0.4, 0.5) is 4.39 Å². The molecule has 1 heterocycles. The van der Waals surface area contributed by atoms with Crippen LogP contribution in [0, 0.1) is 0 Å². The van der Waals surface area contributed by atoms with Crippen LogP contribution in [0.3, 0.4) is 0 Å². The second-order valence-corrected chi connectivity index (χ2v) is 9.45. The lowest BCUT2D eigenvalue weighted by Gasteiger charge is -2.26. The molecule has 1 aromatic carbocycles. The SMILES string of the molecule is C=C1SC(=C/CC)/C(=C\CCC)C=C1c1ccc(CCCCC)cc1C(C)(C)F. The lowest BCUT2D eigenvalue weighted by molar-refractivity contribution is 0.221. The van der Waals surface area contributed by atoms with E-state index in [1.807, 2.05) is 0 Å². The minimum atomic E-state index is -1.39. The number of hydrogen-bond donors (Lipinski definition) is 0. The maximum absolute atomic E-state index is 15.2. The van der Waals surface area contributed by atoms with E-state index in [4.69, 9.17) is 0 Å². The van der Waals surface area contributed by atoms with Crippen LogP contribution in [0.1, 0.15) is 89.8 Å². The van der Waals surface area contributed by atoms with Crippen LogP contribution in [-0.4, -0.2) is 0 Å². The molecular weight excluding hydrogens is 375 g/mol. The summed E-state index contributed by atoms with van der Waals surface area (Å²) in [5.41, 5.74) is 3.90. The van der Waals surface area contributed by atoms with Crippen molar-refractivity contribution in [2.75, 3.05) is 0 Å². The molecule has 2 rings (SSSR count). The van der Waals surface area contributed by atoms with Gasteiger partial charge in [-0.25, -0.2) is 4.39 Å². The predicted molar refractivity (Wildman–Crippen MR) is 130 cm³/mol. The number of thioether (sulfide) groups is 1. The molecule has 2 heteroatoms. The van der Waals surface area contributed by atoms with Gasteiger partial charge in [-0.1, -0.05) is 88.7 Å². The van der Waals surface area contributed by atoms with Crippen LogP contribution in [0.25, 0.3) is 5.57 Å². The largest absolute Gasteiger partial charge is 0.239 e. The molecule has 0 unspecified atom stereocenters. The molecule has 0 bridgehead atoms. The van der Waals surface area contributed by atoms with E-state index in [1.54, 1.807) is 25.6 Å². The summed E-state index contributed by atoms with van der Waals surface area (Å²) < 4.78 is 15.2. The summed E-state index contributed by atoms with van der Waals surface area (Å²) in [6.07, 6.45) is 14.5. The van der Waals surface area contributed by atoms with E-state index < -0.39 is 5.67 Å². The van der Waals surface area contributed by atoms with Crippen molar-refractivity contribution in [3.05, 3.63) is 75.1 Å². The summed E-state index contributed by atoms with van der Waals surface area (Å²) in [4.78, 5) is 2.27. The van der Waals surface area contributed by atoms with E-state index in [-0.39, 0.29) is 0 Å². The Morgan fingerprint density at radius 3 is 2.45 bits per heavy atom. The molecule has 0 spiro atoms. The van der Waals surface area contributed by atoms with Crippen molar-refractivity contribution >= 4 is 17.3 Å². The van der Waals surface area contributed by atoms with Crippen molar-refractivity contribution < 1.29 is 4.39 Å². The Hall–Kier alpha value is -1.54. The fraction of sp³-hybridized carbons (Fsp3) is 0.481. The maximum Gasteiger partial charge on any atom is 0.131 e. The normalized spacial score (nSPS) is 17.9. The summed E-state index contributed by atoms with van der Waals surface area (Å²) in [5.74, 6) is 0. The van der Waals surface area contributed by atoms with Crippen LogP contribution >= 0.6 is 11.8 Å². The number of unbranched alkanes of at least 4 members (excludes halogenated alkanes) is 3. The average Bonchev–Trinajstić information content (AvgIpc) is 2.67. The molecule has 0 amide bonds. The molecule has 29 heavy (non-hydrogen) atoms. The molecule has 1 aliphatic heterocycles. The van der Waals surface area contributed by atoms with Gasteiger partial charge in [0.15, 0.2) is 0 Å². The molecule has 0 fully saturated rings. The van der Waals surface area contributed by atoms with Gasteiger partial charge >= 0.3 is 0 Å². The first-order chi connectivity index (χ1) is 13.8. The standard InChI is InChI=1S/C27H37FS/c1-7-10-12-14-21-16-17-23(25(18-21)27(5,6)28)24-19-22(15-11-8-2)26(13-9-3)29-20(24)4/h13,15-19H,4,7-12,14H2,1-3,5-6H3/b22-15-,26-13+. The smallest absolute Gasteiger partial charge is 0.131 e. The van der Waals surface area contributed by atoms with Crippen LogP contribution in [-0.2, 0) is 12.1 Å². The van der Waals surface area contributed by atoms with E-state index in [0.29, 0.717) is 0 Å². The zero-order chi connectivity index (χ0) is 21.4. The molecule has 158 valence electrons. The zero-order valence-electron chi connectivity index (χ0n) is 18.9. The lowest BCUT2D eigenvalue weighted by atomic mass is 9.87. The highest BCUT2D eigenvalue weighted by Gasteiger charge is 2.27. The van der Waals surface area contributed by atoms with Gasteiger partial charge in [0.25, 0.3) is 0 Å². The van der Waals surface area contributed by atoms with Gasteiger partial charge in [0.2, 0.25) is 0 Å². The summed E-state index contributed by atoms with van der Waals surface area (Å²) in [7, 11) is 0. The number of hydrogen-bond acceptors (Lipinski definition) is 1. The molecule has 0 N–H and O–H groups in total. The van der Waals surface area contributed by atoms with E-state index in [9.17, 15) is 0 Å². The zero-order valence-corrected chi connectivity index (χ0v) is 19.7. The summed E-state index contributed by atoms with van der Waals surface area (Å²) >= 11 is 1.72. The van der Waals surface area contributed by atoms with Crippen LogP contribution in [0.5, 0.6) is 0 Å². The van der Waals surface area contributed by atoms with Crippen molar-refractivity contribution in [1.29, 1.82) is 0 Å². The Balaban J connectivity index is 2.52. The fourth-order valence-corrected chi connectivity index (χ4v) is 4.69. The van der Waals surface area contributed by atoms with Gasteiger partial charge in [-0.2, -0.15) is 0 Å². The van der Waals surface area contributed by atoms with Gasteiger partial charge in [0.05, 0.1) is 0 Å². The highest BCUT2D eigenvalue weighted by atomic mass is 32.2. The predicted octanol–water partition coefficient (Wildman–Crippen LogP) is 9.29. The highest BCUT2D eigenvalue weighted by Crippen LogP contribution is 2.47. The number of aryl methyl sites for hydroxylation is 1. The molecule has 0 aromatic heterocycles. The first-order valence-electron chi connectivity index (χ1n) is 11.1. The quantitative estimate of drug-likeness (QED) is 0.364. The number of alkyl halides is 1. The van der Waals surface area contributed by atoms with Crippen molar-refractivity contribution in [3.63, 3.8) is 0 Å². The topological polar surface area (TPSA) is 0 Å². The van der Waals surface area contributed by atoms with Crippen molar-refractivity contribution in [1.82, 2.24) is 0 Å². The van der Waals surface area contributed by atoms with Gasteiger partial charge in [-0.15, -0.1) is 0 Å². The minimum absolute atomic E-state index is 0.775. The first-order valence-corrected chi connectivity index (χ1v) is 12.0. The Morgan fingerprint density at radius 2 is 1.83 bits per heavy atom. The Bertz CT molecular complexity index is 802. The van der Waals surface area contributed by atoms with Crippen molar-refractivity contribution in [3.8, 4) is 0 Å². The highest BCUT2D eigenvalue weighted by molar-refractivity contribution is 8.07. The van der Waals surface area contributed by atoms with Crippen molar-refractivity contribution in [2.24, 2.45) is 0 Å². The number of benzene rings is 1. The molecule has 1 aromatic rings. The Labute approximate surface area is 182 Å². The Morgan fingerprint density at radius 1 is 1.07 bits per heavy atom. The van der Waals surface area contributed by atoms with Gasteiger partial charge in [0.1, 0.15) is 5.67 Å². The van der Waals surface area contributed by atoms with Gasteiger partial charge < -0.3 is 0 Å².